The number of aromatic amines is 1. The largest absolute Gasteiger partial charge is 0.493 e. The summed E-state index contributed by atoms with van der Waals surface area (Å²) in [4.78, 5) is 18.2. The first kappa shape index (κ1) is 20.5. The van der Waals surface area contributed by atoms with Gasteiger partial charge in [0.25, 0.3) is 0 Å². The second kappa shape index (κ2) is 8.24. The molecule has 1 amide bonds. The number of nitrogens with one attached hydrogen (secondary N) is 2. The van der Waals surface area contributed by atoms with E-state index in [-0.39, 0.29) is 5.92 Å². The number of hydrogen-bond donors (Lipinski definition) is 2. The average Bonchev–Trinajstić information content (AvgIpc) is 3.22. The van der Waals surface area contributed by atoms with Gasteiger partial charge in [-0.3, -0.25) is 10.2 Å². The van der Waals surface area contributed by atoms with E-state index in [2.05, 4.69) is 52.7 Å². The van der Waals surface area contributed by atoms with Gasteiger partial charge in [-0.1, -0.05) is 18.2 Å². The molecule has 0 radical (unpaired) electrons. The van der Waals surface area contributed by atoms with Gasteiger partial charge < -0.3 is 19.2 Å². The Balaban J connectivity index is 1.29. The third kappa shape index (κ3) is 3.58. The summed E-state index contributed by atoms with van der Waals surface area (Å²) in [6, 6.07) is 12.0. The quantitative estimate of drug-likeness (QED) is 0.627. The number of methoxy groups -OCH3 is 2. The standard InChI is InChI=1S/C25H27N3O4/c1-28-13-15(14-32-25(29)27-17-7-8-22(30-2)23(11-17)31-3)9-19-18-5-4-6-20-24(18)16(12-26-20)10-21(19)28/h4-9,11-12,15,21,26H,10,13-14H2,1-3H3,(H,27,29)/t15?,21-/m0/s1. The molecule has 2 N–H and O–H groups in total. The normalized spacial score (nSPS) is 19.8. The second-order valence-corrected chi connectivity index (χ2v) is 8.38. The third-order valence-electron chi connectivity index (χ3n) is 6.40. The molecular weight excluding hydrogens is 406 g/mol. The van der Waals surface area contributed by atoms with Crippen LogP contribution in [0.15, 0.2) is 48.7 Å². The van der Waals surface area contributed by atoms with Crippen molar-refractivity contribution < 1.29 is 19.0 Å². The number of benzene rings is 2. The monoisotopic (exact) mass is 433 g/mol. The first-order chi connectivity index (χ1) is 15.6. The van der Waals surface area contributed by atoms with Crippen molar-refractivity contribution in [2.45, 2.75) is 12.5 Å². The van der Waals surface area contributed by atoms with Gasteiger partial charge in [0.05, 0.1) is 14.2 Å². The molecule has 1 unspecified atom stereocenters. The minimum Gasteiger partial charge on any atom is -0.493 e. The summed E-state index contributed by atoms with van der Waals surface area (Å²) in [6.45, 7) is 1.16. The van der Waals surface area contributed by atoms with Crippen LogP contribution in [0.2, 0.25) is 0 Å². The van der Waals surface area contributed by atoms with Crippen molar-refractivity contribution >= 4 is 28.3 Å². The van der Waals surface area contributed by atoms with E-state index in [1.54, 1.807) is 32.4 Å². The highest BCUT2D eigenvalue weighted by molar-refractivity contribution is 5.98. The van der Waals surface area contributed by atoms with Crippen LogP contribution >= 0.6 is 0 Å². The molecule has 7 nitrogen and oxygen atoms in total. The van der Waals surface area contributed by atoms with Crippen molar-refractivity contribution in [2.24, 2.45) is 5.92 Å². The molecular formula is C25H27N3O4. The predicted molar refractivity (Wildman–Crippen MR) is 124 cm³/mol. The van der Waals surface area contributed by atoms with E-state index < -0.39 is 6.09 Å². The average molecular weight is 434 g/mol. The van der Waals surface area contributed by atoms with Gasteiger partial charge in [-0.25, -0.2) is 4.79 Å². The predicted octanol–water partition coefficient (Wildman–Crippen LogP) is 4.30. The van der Waals surface area contributed by atoms with Crippen LogP contribution in [-0.4, -0.2) is 56.4 Å². The zero-order chi connectivity index (χ0) is 22.2. The van der Waals surface area contributed by atoms with Crippen LogP contribution in [-0.2, 0) is 11.2 Å². The number of hydrogen-bond acceptors (Lipinski definition) is 5. The zero-order valence-corrected chi connectivity index (χ0v) is 18.5. The van der Waals surface area contributed by atoms with Gasteiger partial charge in [0, 0.05) is 47.4 Å². The number of likely N-dealkylation sites (N-methyl/N-ethyl adjacent to an activating group) is 1. The summed E-state index contributed by atoms with van der Waals surface area (Å²) < 4.78 is 16.1. The molecule has 5 rings (SSSR count). The molecule has 2 aliphatic rings. The number of anilines is 1. The van der Waals surface area contributed by atoms with E-state index in [9.17, 15) is 4.79 Å². The van der Waals surface area contributed by atoms with E-state index in [0.717, 1.165) is 13.0 Å². The van der Waals surface area contributed by atoms with Gasteiger partial charge in [-0.15, -0.1) is 0 Å². The molecule has 1 aliphatic carbocycles. The molecule has 0 saturated heterocycles. The summed E-state index contributed by atoms with van der Waals surface area (Å²) >= 11 is 0. The molecule has 1 aliphatic heterocycles. The SMILES string of the molecule is COc1ccc(NC(=O)OCC2C=C3c4cccc5[nH]cc(c45)C[C@@H]3N(C)C2)cc1OC. The molecule has 0 bridgehead atoms. The van der Waals surface area contributed by atoms with Crippen LogP contribution in [0.3, 0.4) is 0 Å². The Morgan fingerprint density at radius 1 is 1.19 bits per heavy atom. The molecule has 2 heterocycles. The van der Waals surface area contributed by atoms with Gasteiger partial charge in [0.1, 0.15) is 6.61 Å². The van der Waals surface area contributed by atoms with Crippen molar-refractivity contribution in [2.75, 3.05) is 39.7 Å². The summed E-state index contributed by atoms with van der Waals surface area (Å²) in [7, 11) is 5.28. The molecule has 3 aromatic rings. The Kier molecular flexibility index (Phi) is 5.27. The van der Waals surface area contributed by atoms with Gasteiger partial charge in [0.2, 0.25) is 0 Å². The fraction of sp³-hybridized carbons (Fsp3) is 0.320. The molecule has 1 aromatic heterocycles. The van der Waals surface area contributed by atoms with Crippen molar-refractivity contribution in [1.82, 2.24) is 9.88 Å². The maximum atomic E-state index is 12.4. The molecule has 7 heteroatoms. The number of fused-ring (bicyclic) bond motifs is 2. The summed E-state index contributed by atoms with van der Waals surface area (Å²) in [5.74, 6) is 1.27. The number of carbonyl (C=O) groups excluding carboxylic acids is 1. The number of rotatable bonds is 5. The summed E-state index contributed by atoms with van der Waals surface area (Å²) in [5, 5.41) is 4.08. The number of carbonyl (C=O) groups is 1. The lowest BCUT2D eigenvalue weighted by Crippen LogP contribution is -2.43. The molecule has 0 spiro atoms. The molecule has 2 atom stereocenters. The Hall–Kier alpha value is -3.45. The van der Waals surface area contributed by atoms with Crippen LogP contribution in [0, 0.1) is 5.92 Å². The van der Waals surface area contributed by atoms with E-state index >= 15 is 0 Å². The molecule has 166 valence electrons. The van der Waals surface area contributed by atoms with Crippen LogP contribution in [0.25, 0.3) is 16.5 Å². The molecule has 0 fully saturated rings. The van der Waals surface area contributed by atoms with E-state index in [0.29, 0.717) is 29.8 Å². The first-order valence-electron chi connectivity index (χ1n) is 10.7. The minimum absolute atomic E-state index is 0.123. The van der Waals surface area contributed by atoms with Gasteiger partial charge >= 0.3 is 6.09 Å². The van der Waals surface area contributed by atoms with Crippen LogP contribution in [0.5, 0.6) is 11.5 Å². The smallest absolute Gasteiger partial charge is 0.411 e. The maximum Gasteiger partial charge on any atom is 0.411 e. The summed E-state index contributed by atoms with van der Waals surface area (Å²) in [5.41, 5.74) is 5.73. The number of nitrogens with zero attached hydrogens (tertiary/aromatic N) is 1. The Morgan fingerprint density at radius 2 is 2.03 bits per heavy atom. The van der Waals surface area contributed by atoms with E-state index in [1.165, 1.54) is 27.6 Å². The second-order valence-electron chi connectivity index (χ2n) is 8.38. The fourth-order valence-electron chi connectivity index (χ4n) is 4.90. The van der Waals surface area contributed by atoms with Crippen molar-refractivity contribution in [3.05, 3.63) is 59.8 Å². The third-order valence-corrected chi connectivity index (χ3v) is 6.40. The van der Waals surface area contributed by atoms with Crippen LogP contribution in [0.4, 0.5) is 10.5 Å². The van der Waals surface area contributed by atoms with Gasteiger partial charge in [-0.05, 0) is 48.4 Å². The number of aromatic nitrogens is 1. The lowest BCUT2D eigenvalue weighted by Gasteiger charge is -2.39. The van der Waals surface area contributed by atoms with Crippen molar-refractivity contribution in [1.29, 1.82) is 0 Å². The lowest BCUT2D eigenvalue weighted by molar-refractivity contribution is 0.132. The lowest BCUT2D eigenvalue weighted by atomic mass is 9.80. The number of amides is 1. The molecule has 32 heavy (non-hydrogen) atoms. The minimum atomic E-state index is -0.487. The first-order valence-corrected chi connectivity index (χ1v) is 10.7. The van der Waals surface area contributed by atoms with E-state index in [1.807, 2.05) is 0 Å². The highest BCUT2D eigenvalue weighted by atomic mass is 16.5. The highest BCUT2D eigenvalue weighted by Crippen LogP contribution is 2.40. The van der Waals surface area contributed by atoms with Gasteiger partial charge in [-0.2, -0.15) is 0 Å². The van der Waals surface area contributed by atoms with Crippen molar-refractivity contribution in [3.63, 3.8) is 0 Å². The zero-order valence-electron chi connectivity index (χ0n) is 18.5. The van der Waals surface area contributed by atoms with Crippen molar-refractivity contribution in [3.8, 4) is 11.5 Å². The summed E-state index contributed by atoms with van der Waals surface area (Å²) in [6.07, 6.45) is 4.93. The molecule has 2 aromatic carbocycles. The fourth-order valence-corrected chi connectivity index (χ4v) is 4.90. The Bertz CT molecular complexity index is 1200. The topological polar surface area (TPSA) is 75.8 Å². The Morgan fingerprint density at radius 3 is 2.84 bits per heavy atom. The number of H-pyrrole nitrogens is 1. The van der Waals surface area contributed by atoms with Crippen LogP contribution in [0.1, 0.15) is 11.1 Å². The Labute approximate surface area is 187 Å². The maximum absolute atomic E-state index is 12.4. The van der Waals surface area contributed by atoms with Gasteiger partial charge in [0.15, 0.2) is 11.5 Å². The molecule has 0 saturated carbocycles. The highest BCUT2D eigenvalue weighted by Gasteiger charge is 2.33. The van der Waals surface area contributed by atoms with E-state index in [4.69, 9.17) is 14.2 Å². The van der Waals surface area contributed by atoms with Crippen LogP contribution < -0.4 is 14.8 Å². The number of ether oxygens (including phenoxy) is 3.